The van der Waals surface area contributed by atoms with Gasteiger partial charge in [0.1, 0.15) is 23.3 Å². The number of hydrogen-bond donors (Lipinski definition) is 0. The lowest BCUT2D eigenvalue weighted by Crippen LogP contribution is -2.25. The van der Waals surface area contributed by atoms with E-state index in [1.54, 1.807) is 48.5 Å². The lowest BCUT2D eigenvalue weighted by Gasteiger charge is -2.28. The summed E-state index contributed by atoms with van der Waals surface area (Å²) in [5, 5.41) is 0. The average Bonchev–Trinajstić information content (AvgIpc) is 2.93. The Morgan fingerprint density at radius 3 is 1.10 bits per heavy atom. The maximum absolute atomic E-state index is 14.0. The Kier molecular flexibility index (Phi) is 8.27. The minimum atomic E-state index is -1.58. The van der Waals surface area contributed by atoms with Crippen molar-refractivity contribution in [1.82, 2.24) is 0 Å². The lowest BCUT2D eigenvalue weighted by molar-refractivity contribution is 0.625. The van der Waals surface area contributed by atoms with Crippen LogP contribution in [0.4, 0.5) is 17.6 Å². The highest BCUT2D eigenvalue weighted by atomic mass is 28.3. The third kappa shape index (κ3) is 6.86. The summed E-state index contributed by atoms with van der Waals surface area (Å²) >= 11 is 0. The van der Waals surface area contributed by atoms with Gasteiger partial charge in [-0.2, -0.15) is 0 Å². The molecule has 0 bridgehead atoms. The standard InChI is InChI=1S/C36H32F4Si/c1-41(2,3)23-29-5-4-28(35(24-6-14-30(37)15-7-24)25-8-16-31(38)17-9-25)22-34(29)36(26-10-18-32(39)19-11-26)27-12-20-33(40)21-13-27/h4-22,35-36H,23H2,1-3H3. The first kappa shape index (κ1) is 28.6. The van der Waals surface area contributed by atoms with Crippen molar-refractivity contribution >= 4 is 8.07 Å². The molecule has 0 unspecified atom stereocenters. The van der Waals surface area contributed by atoms with Crippen molar-refractivity contribution in [2.75, 3.05) is 0 Å². The first-order valence-corrected chi connectivity index (χ1v) is 17.4. The fraction of sp³-hybridized carbons (Fsp3) is 0.167. The van der Waals surface area contributed by atoms with E-state index in [9.17, 15) is 17.6 Å². The molecular weight excluding hydrogens is 536 g/mol. The molecule has 5 aromatic carbocycles. The van der Waals surface area contributed by atoms with Gasteiger partial charge in [-0.3, -0.25) is 0 Å². The maximum atomic E-state index is 14.0. The fourth-order valence-corrected chi connectivity index (χ4v) is 7.01. The molecule has 0 aliphatic carbocycles. The SMILES string of the molecule is C[Si](C)(C)Cc1ccc(C(c2ccc(F)cc2)c2ccc(F)cc2)cc1C(c1ccc(F)cc1)c1ccc(F)cc1. The van der Waals surface area contributed by atoms with E-state index < -0.39 is 8.07 Å². The number of rotatable bonds is 8. The molecular formula is C36H32F4Si. The molecule has 0 N–H and O–H groups in total. The second-order valence-corrected chi connectivity index (χ2v) is 17.2. The van der Waals surface area contributed by atoms with Crippen molar-refractivity contribution in [3.05, 3.63) is 177 Å². The van der Waals surface area contributed by atoms with Crippen LogP contribution in [0.2, 0.25) is 19.6 Å². The van der Waals surface area contributed by atoms with Gasteiger partial charge in [0.25, 0.3) is 0 Å². The molecule has 0 atom stereocenters. The molecule has 5 rings (SSSR count). The molecule has 41 heavy (non-hydrogen) atoms. The topological polar surface area (TPSA) is 0 Å². The monoisotopic (exact) mass is 568 g/mol. The van der Waals surface area contributed by atoms with Crippen LogP contribution in [0, 0.1) is 23.3 Å². The molecule has 0 saturated heterocycles. The number of hydrogen-bond acceptors (Lipinski definition) is 0. The molecule has 0 spiro atoms. The molecule has 5 heteroatoms. The van der Waals surface area contributed by atoms with E-state index in [2.05, 4.69) is 37.8 Å². The van der Waals surface area contributed by atoms with E-state index in [1.165, 1.54) is 54.1 Å². The zero-order chi connectivity index (χ0) is 29.1. The summed E-state index contributed by atoms with van der Waals surface area (Å²) in [6.45, 7) is 6.94. The van der Waals surface area contributed by atoms with Gasteiger partial charge >= 0.3 is 0 Å². The molecule has 0 heterocycles. The third-order valence-electron chi connectivity index (χ3n) is 7.35. The molecule has 0 aliphatic rings. The Labute approximate surface area is 240 Å². The summed E-state index contributed by atoms with van der Waals surface area (Å²) in [7, 11) is -1.58. The van der Waals surface area contributed by atoms with Crippen molar-refractivity contribution in [3.63, 3.8) is 0 Å². The molecule has 0 aromatic heterocycles. The second kappa shape index (κ2) is 11.9. The van der Waals surface area contributed by atoms with E-state index >= 15 is 0 Å². The van der Waals surface area contributed by atoms with Gasteiger partial charge in [0, 0.05) is 19.9 Å². The molecule has 0 amide bonds. The zero-order valence-electron chi connectivity index (χ0n) is 23.3. The zero-order valence-corrected chi connectivity index (χ0v) is 24.3. The first-order valence-electron chi connectivity index (χ1n) is 13.7. The van der Waals surface area contributed by atoms with Crippen LogP contribution in [0.5, 0.6) is 0 Å². The highest BCUT2D eigenvalue weighted by Gasteiger charge is 2.26. The van der Waals surface area contributed by atoms with Crippen LogP contribution in [0.25, 0.3) is 0 Å². The smallest absolute Gasteiger partial charge is 0.123 e. The van der Waals surface area contributed by atoms with Gasteiger partial charge in [-0.25, -0.2) is 17.6 Å². The number of benzene rings is 5. The predicted molar refractivity (Wildman–Crippen MR) is 161 cm³/mol. The van der Waals surface area contributed by atoms with Gasteiger partial charge in [-0.1, -0.05) is 86.4 Å². The summed E-state index contributed by atoms with van der Waals surface area (Å²) in [5.41, 5.74) is 6.75. The summed E-state index contributed by atoms with van der Waals surface area (Å²) in [4.78, 5) is 0. The van der Waals surface area contributed by atoms with E-state index in [-0.39, 0.29) is 35.1 Å². The molecule has 208 valence electrons. The molecule has 0 aliphatic heterocycles. The number of halogens is 4. The lowest BCUT2D eigenvalue weighted by atomic mass is 9.79. The van der Waals surface area contributed by atoms with E-state index in [4.69, 9.17) is 0 Å². The Bertz CT molecular complexity index is 1510. The summed E-state index contributed by atoms with van der Waals surface area (Å²) < 4.78 is 55.9. The van der Waals surface area contributed by atoms with Crippen LogP contribution in [0.15, 0.2) is 115 Å². The molecule has 5 aromatic rings. The van der Waals surface area contributed by atoms with Crippen LogP contribution in [-0.2, 0) is 6.04 Å². The molecule has 0 saturated carbocycles. The Hall–Kier alpha value is -3.96. The minimum absolute atomic E-state index is 0.274. The van der Waals surface area contributed by atoms with Crippen molar-refractivity contribution in [1.29, 1.82) is 0 Å². The van der Waals surface area contributed by atoms with Crippen LogP contribution >= 0.6 is 0 Å². The van der Waals surface area contributed by atoms with Crippen LogP contribution < -0.4 is 0 Å². The van der Waals surface area contributed by atoms with Gasteiger partial charge in [0.15, 0.2) is 0 Å². The van der Waals surface area contributed by atoms with Gasteiger partial charge in [-0.05, 0) is 93.5 Å². The summed E-state index contributed by atoms with van der Waals surface area (Å²) in [6, 6.07) is 33.1. The van der Waals surface area contributed by atoms with E-state index in [0.29, 0.717) is 0 Å². The molecule has 0 nitrogen and oxygen atoms in total. The van der Waals surface area contributed by atoms with E-state index in [0.717, 1.165) is 39.4 Å². The average molecular weight is 569 g/mol. The van der Waals surface area contributed by atoms with Gasteiger partial charge in [-0.15, -0.1) is 0 Å². The Morgan fingerprint density at radius 1 is 0.439 bits per heavy atom. The van der Waals surface area contributed by atoms with Crippen molar-refractivity contribution in [2.45, 2.75) is 37.5 Å². The van der Waals surface area contributed by atoms with Crippen LogP contribution in [-0.4, -0.2) is 8.07 Å². The van der Waals surface area contributed by atoms with Gasteiger partial charge in [0.05, 0.1) is 0 Å². The van der Waals surface area contributed by atoms with Crippen molar-refractivity contribution in [2.24, 2.45) is 0 Å². The highest BCUT2D eigenvalue weighted by Crippen LogP contribution is 2.40. The second-order valence-electron chi connectivity index (χ2n) is 11.8. The van der Waals surface area contributed by atoms with Crippen LogP contribution in [0.1, 0.15) is 50.8 Å². The Morgan fingerprint density at radius 2 is 0.756 bits per heavy atom. The first-order chi connectivity index (χ1) is 19.6. The minimum Gasteiger partial charge on any atom is -0.207 e. The normalized spacial score (nSPS) is 11.8. The van der Waals surface area contributed by atoms with Crippen molar-refractivity contribution < 1.29 is 17.6 Å². The largest absolute Gasteiger partial charge is 0.207 e. The third-order valence-corrected chi connectivity index (χ3v) is 8.79. The molecule has 0 radical (unpaired) electrons. The van der Waals surface area contributed by atoms with Gasteiger partial charge < -0.3 is 0 Å². The van der Waals surface area contributed by atoms with Crippen LogP contribution in [0.3, 0.4) is 0 Å². The van der Waals surface area contributed by atoms with Gasteiger partial charge in [0.2, 0.25) is 0 Å². The predicted octanol–water partition coefficient (Wildman–Crippen LogP) is 10.0. The maximum Gasteiger partial charge on any atom is 0.123 e. The molecule has 0 fully saturated rings. The quantitative estimate of drug-likeness (QED) is 0.0993. The fourth-order valence-electron chi connectivity index (χ4n) is 5.54. The van der Waals surface area contributed by atoms with E-state index in [1.807, 2.05) is 0 Å². The highest BCUT2D eigenvalue weighted by molar-refractivity contribution is 6.75. The Balaban J connectivity index is 1.76. The van der Waals surface area contributed by atoms with Crippen molar-refractivity contribution in [3.8, 4) is 0 Å². The summed E-state index contributed by atoms with van der Waals surface area (Å²) in [6.07, 6.45) is 0. The summed E-state index contributed by atoms with van der Waals surface area (Å²) in [5.74, 6) is -1.86.